The third-order valence-corrected chi connectivity index (χ3v) is 3.38. The lowest BCUT2D eigenvalue weighted by molar-refractivity contribution is 0.563. The minimum Gasteiger partial charge on any atom is -0.388 e. The smallest absolute Gasteiger partial charge is 0.157 e. The molecule has 0 spiro atoms. The molecule has 0 saturated carbocycles. The van der Waals surface area contributed by atoms with Gasteiger partial charge < -0.3 is 9.87 Å². The zero-order valence-electron chi connectivity index (χ0n) is 10.4. The van der Waals surface area contributed by atoms with E-state index in [1.807, 2.05) is 12.1 Å². The first-order valence-corrected chi connectivity index (χ1v) is 7.02. The van der Waals surface area contributed by atoms with Crippen molar-refractivity contribution in [3.05, 3.63) is 53.8 Å². The summed E-state index contributed by atoms with van der Waals surface area (Å²) in [4.78, 5) is 0. The number of hydrogen-bond acceptors (Lipinski definition) is 2. The molecule has 0 amide bonds. The van der Waals surface area contributed by atoms with E-state index in [1.165, 1.54) is 12.1 Å². The molecule has 0 fully saturated rings. The first kappa shape index (κ1) is 13.7. The Morgan fingerprint density at radius 1 is 1.21 bits per heavy atom. The maximum Gasteiger partial charge on any atom is 0.157 e. The van der Waals surface area contributed by atoms with Gasteiger partial charge in [-0.05, 0) is 29.3 Å². The summed E-state index contributed by atoms with van der Waals surface area (Å²) >= 11 is -1.86. The van der Waals surface area contributed by atoms with Gasteiger partial charge in [-0.1, -0.05) is 24.3 Å². The Balaban J connectivity index is 2.40. The van der Waals surface area contributed by atoms with Gasteiger partial charge >= 0.3 is 0 Å². The first-order valence-electron chi connectivity index (χ1n) is 5.74. The highest BCUT2D eigenvalue weighted by atomic mass is 32.2. The third-order valence-electron chi connectivity index (χ3n) is 2.80. The molecule has 2 rings (SSSR count). The number of benzene rings is 2. The van der Waals surface area contributed by atoms with Gasteiger partial charge in [0.25, 0.3) is 0 Å². The van der Waals surface area contributed by atoms with E-state index in [-0.39, 0.29) is 11.6 Å². The molecular weight excluding hydrogens is 265 g/mol. The van der Waals surface area contributed by atoms with Crippen molar-refractivity contribution >= 4 is 16.8 Å². The maximum atomic E-state index is 12.9. The van der Waals surface area contributed by atoms with E-state index >= 15 is 0 Å². The monoisotopic (exact) mass is 279 g/mol. The second kappa shape index (κ2) is 5.95. The van der Waals surface area contributed by atoms with Gasteiger partial charge in [-0.25, -0.2) is 8.60 Å². The lowest BCUT2D eigenvalue weighted by atomic mass is 10.0. The van der Waals surface area contributed by atoms with Gasteiger partial charge in [0.05, 0.1) is 5.75 Å². The molecule has 0 saturated heterocycles. The Hall–Kier alpha value is -1.72. The lowest BCUT2D eigenvalue weighted by Crippen LogP contribution is -1.97. The Kier molecular flexibility index (Phi) is 4.29. The summed E-state index contributed by atoms with van der Waals surface area (Å²) in [5.74, 6) is -0.180. The van der Waals surface area contributed by atoms with Crippen LogP contribution in [0.2, 0.25) is 0 Å². The van der Waals surface area contributed by atoms with Crippen molar-refractivity contribution in [3.63, 3.8) is 0 Å². The molecule has 0 heterocycles. The zero-order valence-corrected chi connectivity index (χ0v) is 11.2. The summed E-state index contributed by atoms with van der Waals surface area (Å²) in [5, 5.41) is 3.05. The fourth-order valence-electron chi connectivity index (χ4n) is 1.91. The number of rotatable bonds is 4. The van der Waals surface area contributed by atoms with E-state index < -0.39 is 11.1 Å². The summed E-state index contributed by atoms with van der Waals surface area (Å²) in [6.07, 6.45) is 0. The van der Waals surface area contributed by atoms with Crippen LogP contribution >= 0.6 is 0 Å². The van der Waals surface area contributed by atoms with Gasteiger partial charge in [-0.3, -0.25) is 0 Å². The Bertz CT molecular complexity index is 599. The Morgan fingerprint density at radius 2 is 1.89 bits per heavy atom. The maximum absolute atomic E-state index is 12.9. The average molecular weight is 279 g/mol. The average Bonchev–Trinajstić information content (AvgIpc) is 2.39. The number of nitrogens with one attached hydrogen (secondary N) is 1. The molecule has 19 heavy (non-hydrogen) atoms. The first-order chi connectivity index (χ1) is 9.10. The molecule has 0 aliphatic carbocycles. The minimum absolute atomic E-state index is 0.0956. The normalized spacial score (nSPS) is 12.2. The highest BCUT2D eigenvalue weighted by Crippen LogP contribution is 2.29. The van der Waals surface area contributed by atoms with E-state index in [0.29, 0.717) is 0 Å². The van der Waals surface area contributed by atoms with E-state index in [0.717, 1.165) is 22.4 Å². The molecule has 1 unspecified atom stereocenters. The van der Waals surface area contributed by atoms with Gasteiger partial charge in [-0.2, -0.15) is 0 Å². The molecular formula is C14H14FNO2S. The fourth-order valence-corrected chi connectivity index (χ4v) is 2.38. The van der Waals surface area contributed by atoms with E-state index in [2.05, 4.69) is 5.32 Å². The van der Waals surface area contributed by atoms with Crippen LogP contribution in [0.25, 0.3) is 11.1 Å². The molecule has 5 heteroatoms. The highest BCUT2D eigenvalue weighted by Gasteiger charge is 2.07. The van der Waals surface area contributed by atoms with Crippen LogP contribution < -0.4 is 5.32 Å². The SMILES string of the molecule is CNc1cc(CS(=O)O)ccc1-c1ccc(F)cc1. The van der Waals surface area contributed by atoms with Gasteiger partial charge in [0.15, 0.2) is 11.1 Å². The second-order valence-corrected chi connectivity index (χ2v) is 5.03. The Labute approximate surface area is 113 Å². The second-order valence-electron chi connectivity index (χ2n) is 4.10. The molecule has 100 valence electrons. The molecule has 0 aliphatic heterocycles. The number of hydrogen-bond donors (Lipinski definition) is 2. The molecule has 2 aromatic carbocycles. The van der Waals surface area contributed by atoms with Crippen LogP contribution in [-0.2, 0) is 16.8 Å². The van der Waals surface area contributed by atoms with E-state index in [9.17, 15) is 8.60 Å². The van der Waals surface area contributed by atoms with Crippen LogP contribution in [0.3, 0.4) is 0 Å². The van der Waals surface area contributed by atoms with Crippen molar-refractivity contribution in [2.75, 3.05) is 12.4 Å². The van der Waals surface area contributed by atoms with Crippen LogP contribution in [0.15, 0.2) is 42.5 Å². The summed E-state index contributed by atoms with van der Waals surface area (Å²) in [5.41, 5.74) is 3.43. The van der Waals surface area contributed by atoms with Crippen molar-refractivity contribution in [2.45, 2.75) is 5.75 Å². The van der Waals surface area contributed by atoms with Crippen molar-refractivity contribution in [3.8, 4) is 11.1 Å². The standard InChI is InChI=1S/C14H14FNO2S/c1-16-14-8-10(9-19(17)18)2-7-13(14)11-3-5-12(15)6-4-11/h2-8,16H,9H2,1H3,(H,17,18). The molecule has 0 aromatic heterocycles. The molecule has 3 nitrogen and oxygen atoms in total. The topological polar surface area (TPSA) is 49.3 Å². The summed E-state index contributed by atoms with van der Waals surface area (Å²) in [6.45, 7) is 0. The van der Waals surface area contributed by atoms with Crippen LogP contribution in [-0.4, -0.2) is 15.8 Å². The predicted molar refractivity (Wildman–Crippen MR) is 75.9 cm³/mol. The molecule has 0 bridgehead atoms. The highest BCUT2D eigenvalue weighted by molar-refractivity contribution is 7.78. The van der Waals surface area contributed by atoms with Crippen molar-refractivity contribution < 1.29 is 13.2 Å². The van der Waals surface area contributed by atoms with Crippen molar-refractivity contribution in [1.29, 1.82) is 0 Å². The molecule has 2 aromatic rings. The van der Waals surface area contributed by atoms with Gasteiger partial charge in [-0.15, -0.1) is 0 Å². The number of halogens is 1. The Morgan fingerprint density at radius 3 is 2.47 bits per heavy atom. The third kappa shape index (κ3) is 3.39. The summed E-state index contributed by atoms with van der Waals surface area (Å²) in [6, 6.07) is 11.7. The van der Waals surface area contributed by atoms with Gasteiger partial charge in [0, 0.05) is 18.3 Å². The van der Waals surface area contributed by atoms with Crippen LogP contribution in [0.4, 0.5) is 10.1 Å². The molecule has 2 N–H and O–H groups in total. The predicted octanol–water partition coefficient (Wildman–Crippen LogP) is 3.26. The largest absolute Gasteiger partial charge is 0.388 e. The van der Waals surface area contributed by atoms with E-state index in [1.54, 1.807) is 25.2 Å². The summed E-state index contributed by atoms with van der Waals surface area (Å²) < 4.78 is 32.6. The van der Waals surface area contributed by atoms with Crippen LogP contribution in [0, 0.1) is 5.82 Å². The zero-order chi connectivity index (χ0) is 13.8. The molecule has 1 atom stereocenters. The van der Waals surface area contributed by atoms with Crippen molar-refractivity contribution in [1.82, 2.24) is 0 Å². The van der Waals surface area contributed by atoms with Gasteiger partial charge in [0.2, 0.25) is 0 Å². The summed E-state index contributed by atoms with van der Waals surface area (Å²) in [7, 11) is 1.78. The minimum atomic E-state index is -1.86. The molecule has 0 aliphatic rings. The number of anilines is 1. The molecule has 0 radical (unpaired) electrons. The van der Waals surface area contributed by atoms with Crippen LogP contribution in [0.5, 0.6) is 0 Å². The van der Waals surface area contributed by atoms with E-state index in [4.69, 9.17) is 4.55 Å². The van der Waals surface area contributed by atoms with Crippen molar-refractivity contribution in [2.24, 2.45) is 0 Å². The fraction of sp³-hybridized carbons (Fsp3) is 0.143. The van der Waals surface area contributed by atoms with Crippen LogP contribution in [0.1, 0.15) is 5.56 Å². The van der Waals surface area contributed by atoms with Gasteiger partial charge in [0.1, 0.15) is 5.82 Å². The quantitative estimate of drug-likeness (QED) is 0.845. The lowest BCUT2D eigenvalue weighted by Gasteiger charge is -2.11.